The van der Waals surface area contributed by atoms with Gasteiger partial charge >= 0.3 is 5.97 Å². The summed E-state index contributed by atoms with van der Waals surface area (Å²) in [6.45, 7) is 11.6. The molecule has 0 rings (SSSR count). The van der Waals surface area contributed by atoms with Gasteiger partial charge in [0.25, 0.3) is 0 Å². The highest BCUT2D eigenvalue weighted by Gasteiger charge is 2.34. The van der Waals surface area contributed by atoms with Crippen LogP contribution in [0.3, 0.4) is 0 Å². The molecule has 21 heavy (non-hydrogen) atoms. The van der Waals surface area contributed by atoms with Gasteiger partial charge in [-0.15, -0.1) is 0 Å². The van der Waals surface area contributed by atoms with Gasteiger partial charge in [-0.2, -0.15) is 0 Å². The van der Waals surface area contributed by atoms with E-state index in [1.165, 1.54) is 19.3 Å². The SMILES string of the molecule is CCCCC(CC)COC(C)CC(C)(NCCC)C(=O)O. The third-order valence-corrected chi connectivity index (χ3v) is 4.09. The van der Waals surface area contributed by atoms with E-state index in [4.69, 9.17) is 4.74 Å². The molecular formula is C17H35NO3. The molecule has 3 unspecified atom stereocenters. The minimum Gasteiger partial charge on any atom is -0.480 e. The lowest BCUT2D eigenvalue weighted by Crippen LogP contribution is -2.51. The van der Waals surface area contributed by atoms with Crippen LogP contribution in [-0.4, -0.2) is 35.9 Å². The Balaban J connectivity index is 4.30. The Morgan fingerprint density at radius 3 is 2.43 bits per heavy atom. The highest BCUT2D eigenvalue weighted by molar-refractivity contribution is 5.78. The molecule has 0 aromatic heterocycles. The van der Waals surface area contributed by atoms with E-state index in [2.05, 4.69) is 19.2 Å². The van der Waals surface area contributed by atoms with Crippen molar-refractivity contribution in [3.63, 3.8) is 0 Å². The van der Waals surface area contributed by atoms with Gasteiger partial charge in [-0.25, -0.2) is 0 Å². The molecule has 0 heterocycles. The highest BCUT2D eigenvalue weighted by Crippen LogP contribution is 2.18. The number of hydrogen-bond donors (Lipinski definition) is 2. The number of rotatable bonds is 13. The summed E-state index contributed by atoms with van der Waals surface area (Å²) in [4.78, 5) is 11.5. The zero-order valence-electron chi connectivity index (χ0n) is 14.6. The fourth-order valence-electron chi connectivity index (χ4n) is 2.47. The van der Waals surface area contributed by atoms with Gasteiger partial charge in [0.1, 0.15) is 5.54 Å². The first kappa shape index (κ1) is 20.4. The Hall–Kier alpha value is -0.610. The van der Waals surface area contributed by atoms with Crippen LogP contribution in [-0.2, 0) is 9.53 Å². The topological polar surface area (TPSA) is 58.6 Å². The molecule has 0 radical (unpaired) electrons. The van der Waals surface area contributed by atoms with Crippen LogP contribution in [0.1, 0.15) is 73.1 Å². The van der Waals surface area contributed by atoms with Crippen molar-refractivity contribution in [1.29, 1.82) is 0 Å². The molecule has 126 valence electrons. The summed E-state index contributed by atoms with van der Waals surface area (Å²) in [5.41, 5.74) is -0.902. The van der Waals surface area contributed by atoms with Gasteiger partial charge in [-0.3, -0.25) is 4.79 Å². The van der Waals surface area contributed by atoms with E-state index in [9.17, 15) is 9.90 Å². The Labute approximate surface area is 130 Å². The fraction of sp³-hybridized carbons (Fsp3) is 0.941. The van der Waals surface area contributed by atoms with Crippen molar-refractivity contribution in [3.05, 3.63) is 0 Å². The second-order valence-corrected chi connectivity index (χ2v) is 6.33. The maximum absolute atomic E-state index is 11.5. The molecule has 0 fully saturated rings. The van der Waals surface area contributed by atoms with Gasteiger partial charge in [0.2, 0.25) is 0 Å². The Morgan fingerprint density at radius 1 is 1.29 bits per heavy atom. The first-order chi connectivity index (χ1) is 9.89. The number of carboxylic acid groups (broad SMARTS) is 1. The van der Waals surface area contributed by atoms with Crippen LogP contribution in [0.5, 0.6) is 0 Å². The van der Waals surface area contributed by atoms with E-state index >= 15 is 0 Å². The van der Waals surface area contributed by atoms with Gasteiger partial charge < -0.3 is 15.2 Å². The molecule has 3 atom stereocenters. The first-order valence-corrected chi connectivity index (χ1v) is 8.49. The van der Waals surface area contributed by atoms with Crippen molar-refractivity contribution in [2.75, 3.05) is 13.2 Å². The van der Waals surface area contributed by atoms with Gasteiger partial charge in [-0.1, -0.05) is 40.0 Å². The molecule has 0 aromatic rings. The van der Waals surface area contributed by atoms with Crippen molar-refractivity contribution < 1.29 is 14.6 Å². The summed E-state index contributed by atoms with van der Waals surface area (Å²) < 4.78 is 5.91. The van der Waals surface area contributed by atoms with E-state index in [-0.39, 0.29) is 6.10 Å². The summed E-state index contributed by atoms with van der Waals surface area (Å²) in [7, 11) is 0. The Kier molecular flexibility index (Phi) is 10.7. The van der Waals surface area contributed by atoms with E-state index in [0.717, 1.165) is 19.4 Å². The van der Waals surface area contributed by atoms with Crippen molar-refractivity contribution >= 4 is 5.97 Å². The van der Waals surface area contributed by atoms with E-state index < -0.39 is 11.5 Å². The number of aliphatic carboxylic acids is 1. The largest absolute Gasteiger partial charge is 0.480 e. The monoisotopic (exact) mass is 301 g/mol. The number of carboxylic acids is 1. The average molecular weight is 301 g/mol. The normalized spacial score (nSPS) is 17.2. The maximum atomic E-state index is 11.5. The van der Waals surface area contributed by atoms with Crippen LogP contribution >= 0.6 is 0 Å². The summed E-state index contributed by atoms with van der Waals surface area (Å²) in [5, 5.41) is 12.6. The molecule has 0 saturated heterocycles. The lowest BCUT2D eigenvalue weighted by atomic mass is 9.94. The molecule has 0 spiro atoms. The van der Waals surface area contributed by atoms with E-state index in [1.54, 1.807) is 6.92 Å². The van der Waals surface area contributed by atoms with Crippen molar-refractivity contribution in [2.45, 2.75) is 84.8 Å². The smallest absolute Gasteiger partial charge is 0.323 e. The number of hydrogen-bond acceptors (Lipinski definition) is 3. The predicted octanol–water partition coefficient (Wildman–Crippen LogP) is 3.84. The van der Waals surface area contributed by atoms with Crippen molar-refractivity contribution in [3.8, 4) is 0 Å². The highest BCUT2D eigenvalue weighted by atomic mass is 16.5. The summed E-state index contributed by atoms with van der Waals surface area (Å²) in [6, 6.07) is 0. The number of unbranched alkanes of at least 4 members (excludes halogenated alkanes) is 1. The van der Waals surface area contributed by atoms with E-state index in [0.29, 0.717) is 18.9 Å². The van der Waals surface area contributed by atoms with Crippen LogP contribution in [0, 0.1) is 5.92 Å². The van der Waals surface area contributed by atoms with Crippen molar-refractivity contribution in [2.24, 2.45) is 5.92 Å². The molecule has 2 N–H and O–H groups in total. The van der Waals surface area contributed by atoms with Crippen LogP contribution in [0.2, 0.25) is 0 Å². The lowest BCUT2D eigenvalue weighted by molar-refractivity contribution is -0.146. The van der Waals surface area contributed by atoms with E-state index in [1.807, 2.05) is 13.8 Å². The average Bonchev–Trinajstić information content (AvgIpc) is 2.45. The minimum atomic E-state index is -0.902. The summed E-state index contributed by atoms with van der Waals surface area (Å²) in [5.74, 6) is -0.212. The fourth-order valence-corrected chi connectivity index (χ4v) is 2.47. The molecule has 4 nitrogen and oxygen atoms in total. The first-order valence-electron chi connectivity index (χ1n) is 8.49. The summed E-state index contributed by atoms with van der Waals surface area (Å²) >= 11 is 0. The van der Waals surface area contributed by atoms with Gasteiger partial charge in [0, 0.05) is 13.0 Å². The van der Waals surface area contributed by atoms with Crippen LogP contribution in [0.4, 0.5) is 0 Å². The molecule has 4 heteroatoms. The third kappa shape index (κ3) is 8.42. The standard InChI is InChI=1S/C17H35NO3/c1-6-9-10-15(8-3)13-21-14(4)12-17(5,16(19)20)18-11-7-2/h14-15,18H,6-13H2,1-5H3,(H,19,20). The molecule has 0 aliphatic heterocycles. The zero-order chi connectivity index (χ0) is 16.3. The quantitative estimate of drug-likeness (QED) is 0.542. The zero-order valence-corrected chi connectivity index (χ0v) is 14.6. The molecule has 0 aliphatic carbocycles. The maximum Gasteiger partial charge on any atom is 0.323 e. The third-order valence-electron chi connectivity index (χ3n) is 4.09. The van der Waals surface area contributed by atoms with Gasteiger partial charge in [0.15, 0.2) is 0 Å². The predicted molar refractivity (Wildman–Crippen MR) is 87.7 cm³/mol. The van der Waals surface area contributed by atoms with Crippen LogP contribution in [0.15, 0.2) is 0 Å². The molecule has 0 aliphatic rings. The Morgan fingerprint density at radius 2 is 1.95 bits per heavy atom. The number of ether oxygens (including phenoxy) is 1. The second kappa shape index (κ2) is 11.0. The lowest BCUT2D eigenvalue weighted by Gasteiger charge is -2.30. The minimum absolute atomic E-state index is 0.0499. The second-order valence-electron chi connectivity index (χ2n) is 6.33. The van der Waals surface area contributed by atoms with Crippen LogP contribution < -0.4 is 5.32 Å². The van der Waals surface area contributed by atoms with Gasteiger partial charge in [0.05, 0.1) is 6.10 Å². The number of carbonyl (C=O) groups is 1. The summed E-state index contributed by atoms with van der Waals surface area (Å²) in [6.07, 6.45) is 6.14. The number of nitrogens with one attached hydrogen (secondary N) is 1. The van der Waals surface area contributed by atoms with Gasteiger partial charge in [-0.05, 0) is 39.2 Å². The molecule has 0 bridgehead atoms. The molecule has 0 aromatic carbocycles. The Bertz CT molecular complexity index is 283. The molecule has 0 amide bonds. The van der Waals surface area contributed by atoms with Crippen LogP contribution in [0.25, 0.3) is 0 Å². The van der Waals surface area contributed by atoms with Crippen molar-refractivity contribution in [1.82, 2.24) is 5.32 Å². The molecule has 0 saturated carbocycles. The molecular weight excluding hydrogens is 266 g/mol.